The minimum absolute atomic E-state index is 0.0148. The number of nitrogens with one attached hydrogen (secondary N) is 3. The van der Waals surface area contributed by atoms with Crippen molar-refractivity contribution in [3.8, 4) is 0 Å². The normalized spacial score (nSPS) is 11.6. The molecule has 0 radical (unpaired) electrons. The number of rotatable bonds is 6. The number of aromatic nitrogens is 2. The molecule has 0 atom stereocenters. The van der Waals surface area contributed by atoms with E-state index >= 15 is 0 Å². The van der Waals surface area contributed by atoms with Gasteiger partial charge in [-0.15, -0.1) is 0 Å². The molecule has 1 heterocycles. The first-order valence-corrected chi connectivity index (χ1v) is 10.8. The van der Waals surface area contributed by atoms with Crippen LogP contribution in [0, 0.1) is 5.82 Å². The van der Waals surface area contributed by atoms with E-state index in [9.17, 15) is 22.4 Å². The fourth-order valence-corrected chi connectivity index (χ4v) is 3.83. The van der Waals surface area contributed by atoms with E-state index in [0.29, 0.717) is 16.8 Å². The van der Waals surface area contributed by atoms with Crippen molar-refractivity contribution in [2.75, 3.05) is 12.4 Å². The lowest BCUT2D eigenvalue weighted by molar-refractivity contribution is 0.0953. The van der Waals surface area contributed by atoms with Gasteiger partial charge in [0.15, 0.2) is 5.03 Å². The van der Waals surface area contributed by atoms with Crippen LogP contribution in [-0.2, 0) is 17.1 Å². The van der Waals surface area contributed by atoms with Gasteiger partial charge in [-0.25, -0.2) is 13.9 Å². The molecule has 1 aromatic carbocycles. The summed E-state index contributed by atoms with van der Waals surface area (Å²) < 4.78 is 42.1. The van der Waals surface area contributed by atoms with Gasteiger partial charge in [0, 0.05) is 25.8 Å². The van der Waals surface area contributed by atoms with E-state index in [4.69, 9.17) is 0 Å². The minimum atomic E-state index is -4.35. The summed E-state index contributed by atoms with van der Waals surface area (Å²) in [7, 11) is -1.54. The summed E-state index contributed by atoms with van der Waals surface area (Å²) in [5, 5.41) is 8.22. The molecule has 3 amide bonds. The number of hydrogen-bond acceptors (Lipinski definition) is 5. The van der Waals surface area contributed by atoms with Crippen LogP contribution in [0.5, 0.6) is 0 Å². The molecule has 0 saturated carbocycles. The topological polar surface area (TPSA) is 122 Å². The lowest BCUT2D eigenvalue weighted by Crippen LogP contribution is -2.35. The predicted octanol–water partition coefficient (Wildman–Crippen LogP) is 2.68. The average molecular weight is 440 g/mol. The largest absolute Gasteiger partial charge is 0.354 e. The Morgan fingerprint density at radius 3 is 2.07 bits per heavy atom. The van der Waals surface area contributed by atoms with Crippen LogP contribution >= 0.6 is 0 Å². The molecule has 11 heteroatoms. The molecule has 1 aromatic heterocycles. The Kier molecular flexibility index (Phi) is 6.86. The van der Waals surface area contributed by atoms with Crippen LogP contribution in [0.1, 0.15) is 61.1 Å². The highest BCUT2D eigenvalue weighted by atomic mass is 32.2. The van der Waals surface area contributed by atoms with E-state index in [1.54, 1.807) is 0 Å². The predicted molar refractivity (Wildman–Crippen MR) is 111 cm³/mol. The molecule has 164 valence electrons. The molecule has 0 aliphatic carbocycles. The van der Waals surface area contributed by atoms with Gasteiger partial charge in [0.25, 0.3) is 15.9 Å². The maximum absolute atomic E-state index is 14.0. The zero-order valence-corrected chi connectivity index (χ0v) is 18.5. The van der Waals surface area contributed by atoms with E-state index in [0.717, 1.165) is 10.7 Å². The average Bonchev–Trinajstić information content (AvgIpc) is 3.04. The Morgan fingerprint density at radius 1 is 1.07 bits per heavy atom. The Morgan fingerprint density at radius 2 is 1.60 bits per heavy atom. The van der Waals surface area contributed by atoms with Crippen molar-refractivity contribution >= 4 is 27.6 Å². The maximum atomic E-state index is 14.0. The summed E-state index contributed by atoms with van der Waals surface area (Å²) in [6, 6.07) is 2.67. The number of urea groups is 1. The first-order chi connectivity index (χ1) is 13.9. The molecular formula is C19H26FN5O4S. The number of carbonyl (C=O) groups is 2. The number of carbonyl (C=O) groups excluding carboxylic acids is 2. The molecule has 2 aromatic rings. The van der Waals surface area contributed by atoms with Gasteiger partial charge >= 0.3 is 6.03 Å². The van der Waals surface area contributed by atoms with Crippen LogP contribution in [0.15, 0.2) is 23.2 Å². The Balaban J connectivity index is 2.35. The highest BCUT2D eigenvalue weighted by Gasteiger charge is 2.25. The third kappa shape index (κ3) is 4.96. The van der Waals surface area contributed by atoms with Crippen molar-refractivity contribution in [1.82, 2.24) is 19.8 Å². The van der Waals surface area contributed by atoms with Crippen LogP contribution in [0.2, 0.25) is 0 Å². The number of halogens is 1. The molecule has 0 aliphatic rings. The summed E-state index contributed by atoms with van der Waals surface area (Å²) in [5.74, 6) is -1.19. The summed E-state index contributed by atoms with van der Waals surface area (Å²) in [6.07, 6.45) is 0. The summed E-state index contributed by atoms with van der Waals surface area (Å²) in [5.41, 5.74) is 1.47. The van der Waals surface area contributed by atoms with Gasteiger partial charge in [-0.3, -0.25) is 9.48 Å². The first kappa shape index (κ1) is 23.3. The molecular weight excluding hydrogens is 413 g/mol. The van der Waals surface area contributed by atoms with Gasteiger partial charge in [0.2, 0.25) is 0 Å². The molecule has 2 rings (SSSR count). The van der Waals surface area contributed by atoms with E-state index in [1.807, 2.05) is 32.4 Å². The maximum Gasteiger partial charge on any atom is 0.333 e. The van der Waals surface area contributed by atoms with Crippen LogP contribution in [0.25, 0.3) is 0 Å². The molecule has 0 aliphatic heterocycles. The Labute approximate surface area is 175 Å². The molecule has 3 N–H and O–H groups in total. The number of nitrogens with zero attached hydrogens (tertiary/aromatic N) is 2. The third-order valence-electron chi connectivity index (χ3n) is 4.47. The molecule has 0 fully saturated rings. The van der Waals surface area contributed by atoms with Crippen molar-refractivity contribution < 1.29 is 22.4 Å². The second-order valence-electron chi connectivity index (χ2n) is 7.40. The van der Waals surface area contributed by atoms with Crippen molar-refractivity contribution in [3.63, 3.8) is 0 Å². The second-order valence-corrected chi connectivity index (χ2v) is 9.03. The van der Waals surface area contributed by atoms with Crippen LogP contribution in [-0.4, -0.2) is 37.2 Å². The van der Waals surface area contributed by atoms with Crippen molar-refractivity contribution in [2.45, 2.75) is 44.6 Å². The lowest BCUT2D eigenvalue weighted by Gasteiger charge is -2.20. The molecule has 30 heavy (non-hydrogen) atoms. The molecule has 9 nitrogen and oxygen atoms in total. The highest BCUT2D eigenvalue weighted by Crippen LogP contribution is 2.33. The fraction of sp³-hybridized carbons (Fsp3) is 0.421. The van der Waals surface area contributed by atoms with E-state index in [1.165, 1.54) is 26.2 Å². The number of benzene rings is 1. The zero-order valence-electron chi connectivity index (χ0n) is 17.7. The SMILES string of the molecule is CNC(=O)c1cc(S(=O)(=O)NC(=O)Nc2c(C(C)C)cc(F)cc2C(C)C)nn1C. The number of sulfonamides is 1. The number of anilines is 1. The van der Waals surface area contributed by atoms with Gasteiger partial charge in [-0.1, -0.05) is 27.7 Å². The molecule has 0 bridgehead atoms. The minimum Gasteiger partial charge on any atom is -0.354 e. The lowest BCUT2D eigenvalue weighted by atomic mass is 9.92. The van der Waals surface area contributed by atoms with Gasteiger partial charge < -0.3 is 10.6 Å². The molecule has 0 saturated heterocycles. The van der Waals surface area contributed by atoms with Gasteiger partial charge in [0.1, 0.15) is 11.5 Å². The van der Waals surface area contributed by atoms with Gasteiger partial charge in [-0.05, 0) is 35.1 Å². The summed E-state index contributed by atoms with van der Waals surface area (Å²) >= 11 is 0. The number of amides is 3. The third-order valence-corrected chi connectivity index (χ3v) is 5.67. The van der Waals surface area contributed by atoms with E-state index < -0.39 is 32.8 Å². The molecule has 0 unspecified atom stereocenters. The number of hydrogen-bond donors (Lipinski definition) is 3. The van der Waals surface area contributed by atoms with Gasteiger partial charge in [0.05, 0.1) is 0 Å². The van der Waals surface area contributed by atoms with Crippen molar-refractivity contribution in [3.05, 3.63) is 40.8 Å². The van der Waals surface area contributed by atoms with Crippen molar-refractivity contribution in [2.24, 2.45) is 7.05 Å². The quantitative estimate of drug-likeness (QED) is 0.639. The zero-order chi connectivity index (χ0) is 22.8. The monoisotopic (exact) mass is 439 g/mol. The van der Waals surface area contributed by atoms with Crippen LogP contribution in [0.4, 0.5) is 14.9 Å². The van der Waals surface area contributed by atoms with Crippen LogP contribution < -0.4 is 15.4 Å². The highest BCUT2D eigenvalue weighted by molar-refractivity contribution is 7.90. The van der Waals surface area contributed by atoms with E-state index in [-0.39, 0.29) is 17.5 Å². The Bertz CT molecular complexity index is 1050. The summed E-state index contributed by atoms with van der Waals surface area (Å²) in [6.45, 7) is 7.36. The first-order valence-electron chi connectivity index (χ1n) is 9.30. The molecule has 0 spiro atoms. The second kappa shape index (κ2) is 8.82. The van der Waals surface area contributed by atoms with Crippen molar-refractivity contribution in [1.29, 1.82) is 0 Å². The number of aryl methyl sites for hydroxylation is 1. The Hall–Kier alpha value is -2.95. The van der Waals surface area contributed by atoms with E-state index in [2.05, 4.69) is 15.7 Å². The fourth-order valence-electron chi connectivity index (χ4n) is 2.93. The smallest absolute Gasteiger partial charge is 0.333 e. The van der Waals surface area contributed by atoms with Crippen LogP contribution in [0.3, 0.4) is 0 Å². The van der Waals surface area contributed by atoms with Gasteiger partial charge in [-0.2, -0.15) is 13.5 Å². The summed E-state index contributed by atoms with van der Waals surface area (Å²) in [4.78, 5) is 24.3. The standard InChI is InChI=1S/C19H26FN5O4S/c1-10(2)13-7-12(20)8-14(11(3)4)17(13)22-19(27)24-30(28,29)16-9-15(18(26)21-5)25(6)23-16/h7-11H,1-6H3,(H,21,26)(H2,22,24,27).